The maximum Gasteiger partial charge on any atom is 0.355 e. The van der Waals surface area contributed by atoms with E-state index in [2.05, 4.69) is 15.9 Å². The maximum atomic E-state index is 12.9. The number of halogens is 1. The van der Waals surface area contributed by atoms with Crippen molar-refractivity contribution in [1.82, 2.24) is 0 Å². The Hall–Kier alpha value is -2.90. The first-order chi connectivity index (χ1) is 14.0. The third-order valence-electron chi connectivity index (χ3n) is 4.88. The Morgan fingerprint density at radius 1 is 1.00 bits per heavy atom. The van der Waals surface area contributed by atoms with Crippen LogP contribution in [-0.2, 0) is 23.8 Å². The number of benzene rings is 2. The van der Waals surface area contributed by atoms with E-state index in [9.17, 15) is 9.59 Å². The zero-order valence-corrected chi connectivity index (χ0v) is 17.4. The lowest BCUT2D eigenvalue weighted by Crippen LogP contribution is -2.47. The lowest BCUT2D eigenvalue weighted by Gasteiger charge is -2.42. The molecule has 0 fully saturated rings. The quantitative estimate of drug-likeness (QED) is 0.652. The van der Waals surface area contributed by atoms with Crippen molar-refractivity contribution in [2.45, 2.75) is 12.3 Å². The average molecular weight is 456 g/mol. The van der Waals surface area contributed by atoms with Crippen LogP contribution in [-0.4, -0.2) is 32.4 Å². The Kier molecular flexibility index (Phi) is 5.25. The number of hydrogen-bond acceptors (Lipinski definition) is 6. The summed E-state index contributed by atoms with van der Waals surface area (Å²) in [7, 11) is 2.56. The molecule has 2 atom stereocenters. The molecule has 0 aliphatic carbocycles. The third-order valence-corrected chi connectivity index (χ3v) is 5.41. The normalized spacial score (nSPS) is 20.0. The summed E-state index contributed by atoms with van der Waals surface area (Å²) in [6.07, 6.45) is 2.42. The number of hydrogen-bond donors (Lipinski definition) is 0. The number of fused-ring (bicyclic) bond motifs is 3. The van der Waals surface area contributed by atoms with Crippen LogP contribution in [0.2, 0.25) is 0 Å². The van der Waals surface area contributed by atoms with E-state index in [1.807, 2.05) is 60.7 Å². The fourth-order valence-corrected chi connectivity index (χ4v) is 3.84. The van der Waals surface area contributed by atoms with Gasteiger partial charge in [0.2, 0.25) is 0 Å². The standard InChI is InChI=1S/C22H18BrNO5/c1-27-21(25)18-19(22(26)28-2)24-16-6-4-3-5-13(16)9-12-17(24)29-20(18)14-7-10-15(23)11-8-14/h3-12,17,20H,1-2H3. The molecule has 0 spiro atoms. The van der Waals surface area contributed by atoms with Crippen molar-refractivity contribution in [2.24, 2.45) is 0 Å². The van der Waals surface area contributed by atoms with Crippen LogP contribution in [0.1, 0.15) is 17.2 Å². The van der Waals surface area contributed by atoms with Gasteiger partial charge in [-0.2, -0.15) is 0 Å². The lowest BCUT2D eigenvalue weighted by molar-refractivity contribution is -0.142. The van der Waals surface area contributed by atoms with E-state index in [1.165, 1.54) is 14.2 Å². The van der Waals surface area contributed by atoms with Gasteiger partial charge in [0.25, 0.3) is 0 Å². The zero-order valence-electron chi connectivity index (χ0n) is 15.8. The molecular formula is C22H18BrNO5. The van der Waals surface area contributed by atoms with Crippen molar-refractivity contribution >= 4 is 39.6 Å². The summed E-state index contributed by atoms with van der Waals surface area (Å²) in [5.41, 5.74) is 2.58. The first-order valence-corrected chi connectivity index (χ1v) is 9.72. The minimum atomic E-state index is -0.791. The number of rotatable bonds is 3. The molecular weight excluding hydrogens is 438 g/mol. The highest BCUT2D eigenvalue weighted by molar-refractivity contribution is 9.10. The summed E-state index contributed by atoms with van der Waals surface area (Å²) in [4.78, 5) is 27.4. The van der Waals surface area contributed by atoms with E-state index in [4.69, 9.17) is 14.2 Å². The van der Waals surface area contributed by atoms with E-state index < -0.39 is 24.3 Å². The number of nitrogens with zero attached hydrogens (tertiary/aromatic N) is 1. The monoisotopic (exact) mass is 455 g/mol. The number of esters is 2. The van der Waals surface area contributed by atoms with Crippen LogP contribution < -0.4 is 4.90 Å². The summed E-state index contributed by atoms with van der Waals surface area (Å²) in [5.74, 6) is -1.28. The smallest absolute Gasteiger partial charge is 0.355 e. The van der Waals surface area contributed by atoms with Crippen molar-refractivity contribution in [3.8, 4) is 0 Å². The molecule has 2 aromatic rings. The van der Waals surface area contributed by atoms with E-state index in [0.29, 0.717) is 0 Å². The predicted molar refractivity (Wildman–Crippen MR) is 111 cm³/mol. The van der Waals surface area contributed by atoms with Gasteiger partial charge >= 0.3 is 11.9 Å². The Bertz CT molecular complexity index is 1030. The number of methoxy groups -OCH3 is 2. The van der Waals surface area contributed by atoms with Crippen LogP contribution in [0.15, 0.2) is 70.3 Å². The van der Waals surface area contributed by atoms with Gasteiger partial charge in [-0.3, -0.25) is 0 Å². The van der Waals surface area contributed by atoms with Gasteiger partial charge in [-0.1, -0.05) is 52.3 Å². The van der Waals surface area contributed by atoms with Crippen LogP contribution >= 0.6 is 15.9 Å². The van der Waals surface area contributed by atoms with Gasteiger partial charge in [0.05, 0.1) is 19.9 Å². The van der Waals surface area contributed by atoms with Crippen LogP contribution in [0, 0.1) is 0 Å². The maximum absolute atomic E-state index is 12.9. The van der Waals surface area contributed by atoms with E-state index in [-0.39, 0.29) is 11.3 Å². The highest BCUT2D eigenvalue weighted by atomic mass is 79.9. The van der Waals surface area contributed by atoms with Gasteiger partial charge in [0.15, 0.2) is 6.23 Å². The van der Waals surface area contributed by atoms with E-state index in [0.717, 1.165) is 21.3 Å². The van der Waals surface area contributed by atoms with Crippen LogP contribution in [0.4, 0.5) is 5.69 Å². The average Bonchev–Trinajstić information content (AvgIpc) is 2.77. The molecule has 6 nitrogen and oxygen atoms in total. The molecule has 0 radical (unpaired) electrons. The van der Waals surface area contributed by atoms with Crippen molar-refractivity contribution in [1.29, 1.82) is 0 Å². The third kappa shape index (κ3) is 3.36. The molecule has 0 saturated heterocycles. The highest BCUT2D eigenvalue weighted by Crippen LogP contribution is 2.43. The molecule has 0 amide bonds. The van der Waals surface area contributed by atoms with Gasteiger partial charge < -0.3 is 19.1 Å². The molecule has 2 aromatic carbocycles. The lowest BCUT2D eigenvalue weighted by atomic mass is 9.94. The molecule has 0 N–H and O–H groups in total. The molecule has 148 valence electrons. The SMILES string of the molecule is COC(=O)C1=C(C(=O)OC)N2c3ccccc3C=CC2OC1c1ccc(Br)cc1. The van der Waals surface area contributed by atoms with Crippen molar-refractivity contribution in [3.05, 3.63) is 81.5 Å². The molecule has 0 aromatic heterocycles. The number of carbonyl (C=O) groups excluding carboxylic acids is 2. The summed E-state index contributed by atoms with van der Waals surface area (Å²) in [6, 6.07) is 14.9. The van der Waals surface area contributed by atoms with Crippen molar-refractivity contribution in [2.75, 3.05) is 19.1 Å². The van der Waals surface area contributed by atoms with Gasteiger partial charge in [-0.15, -0.1) is 0 Å². The summed E-state index contributed by atoms with van der Waals surface area (Å²) >= 11 is 3.41. The second-order valence-electron chi connectivity index (χ2n) is 6.49. The number of carbonyl (C=O) groups is 2. The fraction of sp³-hybridized carbons (Fsp3) is 0.182. The molecule has 2 aliphatic heterocycles. The molecule has 0 bridgehead atoms. The Balaban J connectivity index is 1.97. The van der Waals surface area contributed by atoms with Crippen molar-refractivity contribution in [3.63, 3.8) is 0 Å². The largest absolute Gasteiger partial charge is 0.466 e. The summed E-state index contributed by atoms with van der Waals surface area (Å²) < 4.78 is 17.2. The van der Waals surface area contributed by atoms with E-state index in [1.54, 1.807) is 4.90 Å². The first kappa shape index (κ1) is 19.4. The minimum Gasteiger partial charge on any atom is -0.466 e. The minimum absolute atomic E-state index is 0.100. The number of ether oxygens (including phenoxy) is 3. The first-order valence-electron chi connectivity index (χ1n) is 8.93. The van der Waals surface area contributed by atoms with Crippen LogP contribution in [0.5, 0.6) is 0 Å². The Morgan fingerprint density at radius 2 is 1.69 bits per heavy atom. The Labute approximate surface area is 176 Å². The molecule has 4 rings (SSSR count). The van der Waals surface area contributed by atoms with Crippen LogP contribution in [0.3, 0.4) is 0 Å². The fourth-order valence-electron chi connectivity index (χ4n) is 3.57. The van der Waals surface area contributed by atoms with Crippen LogP contribution in [0.25, 0.3) is 6.08 Å². The number of anilines is 1. The van der Waals surface area contributed by atoms with Crippen molar-refractivity contribution < 1.29 is 23.8 Å². The van der Waals surface area contributed by atoms with Gasteiger partial charge in [-0.25, -0.2) is 9.59 Å². The molecule has 29 heavy (non-hydrogen) atoms. The molecule has 2 unspecified atom stereocenters. The predicted octanol–water partition coefficient (Wildman–Crippen LogP) is 3.98. The second kappa shape index (κ2) is 7.85. The molecule has 0 saturated carbocycles. The molecule has 2 heterocycles. The molecule has 2 aliphatic rings. The summed E-state index contributed by atoms with van der Waals surface area (Å²) in [5, 5.41) is 0. The Morgan fingerprint density at radius 3 is 2.38 bits per heavy atom. The zero-order chi connectivity index (χ0) is 20.5. The second-order valence-corrected chi connectivity index (χ2v) is 7.41. The number of para-hydroxylation sites is 1. The highest BCUT2D eigenvalue weighted by Gasteiger charge is 2.44. The van der Waals surface area contributed by atoms with Gasteiger partial charge in [0, 0.05) is 4.47 Å². The van der Waals surface area contributed by atoms with Gasteiger partial charge in [-0.05, 0) is 35.4 Å². The van der Waals surface area contributed by atoms with E-state index >= 15 is 0 Å². The molecule has 7 heteroatoms. The van der Waals surface area contributed by atoms with Gasteiger partial charge in [0.1, 0.15) is 17.4 Å². The summed E-state index contributed by atoms with van der Waals surface area (Å²) in [6.45, 7) is 0. The topological polar surface area (TPSA) is 65.1 Å².